The normalized spacial score (nSPS) is 10.6. The molecule has 3 aromatic rings. The van der Waals surface area contributed by atoms with E-state index in [1.165, 1.54) is 11.8 Å². The number of carbonyl (C=O) groups excluding carboxylic acids is 1. The third-order valence-electron chi connectivity index (χ3n) is 2.82. The number of benzene rings is 1. The van der Waals surface area contributed by atoms with Gasteiger partial charge in [0.05, 0.1) is 10.2 Å². The summed E-state index contributed by atoms with van der Waals surface area (Å²) in [5.41, 5.74) is 0.837. The molecule has 0 aliphatic rings. The molecule has 2 aromatic heterocycles. The number of nitrogens with zero attached hydrogens (tertiary/aromatic N) is 3. The summed E-state index contributed by atoms with van der Waals surface area (Å²) in [4.78, 5) is 16.1. The Balaban J connectivity index is 1.58. The van der Waals surface area contributed by atoms with Crippen LogP contribution in [0.15, 0.2) is 61.2 Å². The molecule has 0 spiro atoms. The lowest BCUT2D eigenvalue weighted by Crippen LogP contribution is -2.15. The van der Waals surface area contributed by atoms with Crippen LogP contribution in [0.25, 0.3) is 11.5 Å². The van der Waals surface area contributed by atoms with E-state index in [4.69, 9.17) is 4.42 Å². The summed E-state index contributed by atoms with van der Waals surface area (Å²) in [6.07, 6.45) is 1.61. The minimum atomic E-state index is -0.213. The minimum Gasteiger partial charge on any atom is -0.411 e. The Kier molecular flexibility index (Phi) is 5.64. The van der Waals surface area contributed by atoms with Crippen LogP contribution in [0.4, 0.5) is 5.82 Å². The van der Waals surface area contributed by atoms with E-state index in [2.05, 4.69) is 52.4 Å². The average molecular weight is 470 g/mol. The Bertz CT molecular complexity index is 858. The van der Waals surface area contributed by atoms with Crippen molar-refractivity contribution >= 4 is 55.3 Å². The number of nitrogens with one attached hydrogen (secondary N) is 1. The Morgan fingerprint density at radius 3 is 2.75 bits per heavy atom. The molecular weight excluding hydrogens is 460 g/mol. The van der Waals surface area contributed by atoms with E-state index in [0.717, 1.165) is 10.0 Å². The van der Waals surface area contributed by atoms with Crippen LogP contribution in [0.1, 0.15) is 0 Å². The number of hydrogen-bond acceptors (Lipinski definition) is 6. The number of aromatic nitrogens is 3. The first-order chi connectivity index (χ1) is 11.6. The zero-order valence-electron chi connectivity index (χ0n) is 12.1. The van der Waals surface area contributed by atoms with E-state index in [1.54, 1.807) is 12.3 Å². The van der Waals surface area contributed by atoms with Crippen LogP contribution in [0.3, 0.4) is 0 Å². The van der Waals surface area contributed by atoms with E-state index < -0.39 is 0 Å². The van der Waals surface area contributed by atoms with Crippen LogP contribution in [-0.4, -0.2) is 26.8 Å². The van der Waals surface area contributed by atoms with Gasteiger partial charge in [-0.3, -0.25) is 4.79 Å². The van der Waals surface area contributed by atoms with Crippen molar-refractivity contribution in [2.75, 3.05) is 11.1 Å². The predicted octanol–water partition coefficient (Wildman–Crippen LogP) is 4.39. The molecule has 3 rings (SSSR count). The molecule has 6 nitrogen and oxygen atoms in total. The zero-order valence-corrected chi connectivity index (χ0v) is 16.1. The van der Waals surface area contributed by atoms with Gasteiger partial charge >= 0.3 is 0 Å². The number of amides is 1. The number of hydrogen-bond donors (Lipinski definition) is 1. The van der Waals surface area contributed by atoms with Crippen LogP contribution in [-0.2, 0) is 4.79 Å². The summed E-state index contributed by atoms with van der Waals surface area (Å²) in [5, 5.41) is 11.0. The first kappa shape index (κ1) is 17.1. The highest BCUT2D eigenvalue weighted by Crippen LogP contribution is 2.25. The standard InChI is InChI=1S/C15H10Br2N4O2S/c16-10-6-11(17)13(18-7-10)19-12(22)8-24-15-21-20-14(23-15)9-4-2-1-3-5-9/h1-7H,8H2,(H,18,19,22). The summed E-state index contributed by atoms with van der Waals surface area (Å²) in [7, 11) is 0. The number of pyridine rings is 1. The molecule has 0 saturated heterocycles. The lowest BCUT2D eigenvalue weighted by molar-refractivity contribution is -0.113. The number of carbonyl (C=O) groups is 1. The Labute approximate surface area is 158 Å². The molecule has 0 bridgehead atoms. The van der Waals surface area contributed by atoms with Crippen molar-refractivity contribution in [3.8, 4) is 11.5 Å². The lowest BCUT2D eigenvalue weighted by Gasteiger charge is -2.05. The molecular formula is C15H10Br2N4O2S. The predicted molar refractivity (Wildman–Crippen MR) is 98.7 cm³/mol. The van der Waals surface area contributed by atoms with Crippen LogP contribution in [0.5, 0.6) is 0 Å². The van der Waals surface area contributed by atoms with Gasteiger partial charge in [-0.05, 0) is 50.1 Å². The van der Waals surface area contributed by atoms with Gasteiger partial charge in [0.2, 0.25) is 11.8 Å². The Hall–Kier alpha value is -1.71. The Morgan fingerprint density at radius 2 is 2.00 bits per heavy atom. The fourth-order valence-corrected chi connectivity index (χ4v) is 3.42. The highest BCUT2D eigenvalue weighted by atomic mass is 79.9. The van der Waals surface area contributed by atoms with E-state index >= 15 is 0 Å². The summed E-state index contributed by atoms with van der Waals surface area (Å²) in [5.74, 6) is 0.811. The van der Waals surface area contributed by atoms with Crippen molar-refractivity contribution in [3.63, 3.8) is 0 Å². The van der Waals surface area contributed by atoms with Crippen molar-refractivity contribution in [1.82, 2.24) is 15.2 Å². The molecule has 0 saturated carbocycles. The van der Waals surface area contributed by atoms with E-state index in [0.29, 0.717) is 21.4 Å². The fraction of sp³-hybridized carbons (Fsp3) is 0.0667. The van der Waals surface area contributed by atoms with Gasteiger partial charge in [0.25, 0.3) is 5.22 Å². The molecule has 0 fully saturated rings. The molecule has 0 aliphatic carbocycles. The van der Waals surface area contributed by atoms with E-state index in [1.807, 2.05) is 30.3 Å². The van der Waals surface area contributed by atoms with Gasteiger partial charge in [-0.15, -0.1) is 10.2 Å². The molecule has 0 aliphatic heterocycles. The topological polar surface area (TPSA) is 80.9 Å². The molecule has 24 heavy (non-hydrogen) atoms. The third-order valence-corrected chi connectivity index (χ3v) is 4.68. The maximum atomic E-state index is 12.0. The summed E-state index contributed by atoms with van der Waals surface area (Å²) < 4.78 is 7.05. The fourth-order valence-electron chi connectivity index (χ4n) is 1.77. The van der Waals surface area contributed by atoms with Gasteiger partial charge in [-0.25, -0.2) is 4.98 Å². The van der Waals surface area contributed by atoms with Gasteiger partial charge in [-0.1, -0.05) is 30.0 Å². The lowest BCUT2D eigenvalue weighted by atomic mass is 10.2. The van der Waals surface area contributed by atoms with Gasteiger partial charge in [0.1, 0.15) is 5.82 Å². The van der Waals surface area contributed by atoms with Crippen molar-refractivity contribution in [2.24, 2.45) is 0 Å². The van der Waals surface area contributed by atoms with Gasteiger partial charge in [-0.2, -0.15) is 0 Å². The third kappa shape index (κ3) is 4.43. The SMILES string of the molecule is O=C(CSc1nnc(-c2ccccc2)o1)Nc1ncc(Br)cc1Br. The second-order valence-electron chi connectivity index (χ2n) is 4.56. The van der Waals surface area contributed by atoms with Crippen molar-refractivity contribution < 1.29 is 9.21 Å². The molecule has 0 radical (unpaired) electrons. The smallest absolute Gasteiger partial charge is 0.277 e. The van der Waals surface area contributed by atoms with Crippen molar-refractivity contribution in [3.05, 3.63) is 51.5 Å². The molecule has 2 heterocycles. The van der Waals surface area contributed by atoms with Crippen LogP contribution < -0.4 is 5.32 Å². The molecule has 1 aromatic carbocycles. The maximum absolute atomic E-state index is 12.0. The van der Waals surface area contributed by atoms with Gasteiger partial charge in [0, 0.05) is 16.2 Å². The van der Waals surface area contributed by atoms with Crippen LogP contribution in [0.2, 0.25) is 0 Å². The number of thioether (sulfide) groups is 1. The molecule has 1 amide bonds. The summed E-state index contributed by atoms with van der Waals surface area (Å²) in [6, 6.07) is 11.3. The van der Waals surface area contributed by atoms with Gasteiger partial charge < -0.3 is 9.73 Å². The molecule has 122 valence electrons. The quantitative estimate of drug-likeness (QED) is 0.558. The van der Waals surface area contributed by atoms with Gasteiger partial charge in [0.15, 0.2) is 0 Å². The molecule has 0 atom stereocenters. The summed E-state index contributed by atoms with van der Waals surface area (Å²) >= 11 is 7.82. The largest absolute Gasteiger partial charge is 0.411 e. The van der Waals surface area contributed by atoms with Crippen molar-refractivity contribution in [2.45, 2.75) is 5.22 Å². The first-order valence-electron chi connectivity index (χ1n) is 6.74. The zero-order chi connectivity index (χ0) is 16.9. The summed E-state index contributed by atoms with van der Waals surface area (Å²) in [6.45, 7) is 0. The Morgan fingerprint density at radius 1 is 1.21 bits per heavy atom. The van der Waals surface area contributed by atoms with E-state index in [-0.39, 0.29) is 11.7 Å². The first-order valence-corrected chi connectivity index (χ1v) is 9.31. The number of anilines is 1. The second-order valence-corrected chi connectivity index (χ2v) is 7.26. The second kappa shape index (κ2) is 7.91. The maximum Gasteiger partial charge on any atom is 0.277 e. The number of rotatable bonds is 5. The van der Waals surface area contributed by atoms with Crippen LogP contribution >= 0.6 is 43.6 Å². The monoisotopic (exact) mass is 468 g/mol. The average Bonchev–Trinajstić information content (AvgIpc) is 3.05. The molecule has 1 N–H and O–H groups in total. The highest BCUT2D eigenvalue weighted by Gasteiger charge is 2.12. The molecule has 0 unspecified atom stereocenters. The van der Waals surface area contributed by atoms with Crippen LogP contribution in [0, 0.1) is 0 Å². The van der Waals surface area contributed by atoms with E-state index in [9.17, 15) is 4.79 Å². The highest BCUT2D eigenvalue weighted by molar-refractivity contribution is 9.11. The minimum absolute atomic E-state index is 0.139. The molecule has 9 heteroatoms. The van der Waals surface area contributed by atoms with Crippen molar-refractivity contribution in [1.29, 1.82) is 0 Å². The number of halogens is 2.